The third-order valence-corrected chi connectivity index (χ3v) is 5.24. The van der Waals surface area contributed by atoms with Crippen LogP contribution in [0, 0.1) is 0 Å². The molecule has 0 unspecified atom stereocenters. The molecule has 0 saturated heterocycles. The van der Waals surface area contributed by atoms with E-state index in [2.05, 4.69) is 9.17 Å². The van der Waals surface area contributed by atoms with Gasteiger partial charge in [0.25, 0.3) is 0 Å². The van der Waals surface area contributed by atoms with Crippen molar-refractivity contribution in [1.29, 1.82) is 0 Å². The van der Waals surface area contributed by atoms with Crippen LogP contribution in [0.4, 0.5) is 13.2 Å². The summed E-state index contributed by atoms with van der Waals surface area (Å²) in [6, 6.07) is 13.6. The number of alkyl halides is 3. The average molecular weight is 410 g/mol. The van der Waals surface area contributed by atoms with Crippen molar-refractivity contribution < 1.29 is 30.5 Å². The van der Waals surface area contributed by atoms with Gasteiger partial charge in [-0.05, 0) is 12.1 Å². The summed E-state index contributed by atoms with van der Waals surface area (Å²) < 4.78 is 73.5. The van der Waals surface area contributed by atoms with Gasteiger partial charge in [-0.2, -0.15) is 21.6 Å². The fourth-order valence-electron chi connectivity index (χ4n) is 3.21. The second-order valence-electron chi connectivity index (χ2n) is 6.00. The van der Waals surface area contributed by atoms with Crippen molar-refractivity contribution in [2.75, 3.05) is 7.11 Å². The maximum Gasteiger partial charge on any atom is 0.534 e. The first-order valence-electron chi connectivity index (χ1n) is 8.04. The zero-order valence-corrected chi connectivity index (χ0v) is 15.2. The van der Waals surface area contributed by atoms with Crippen LogP contribution >= 0.6 is 0 Å². The number of hydrogen-bond acceptors (Lipinski definition) is 5. The Morgan fingerprint density at radius 1 is 1.04 bits per heavy atom. The number of nitrogens with zero attached hydrogens (tertiary/aromatic N) is 2. The lowest BCUT2D eigenvalue weighted by Gasteiger charge is -2.12. The van der Waals surface area contributed by atoms with Crippen molar-refractivity contribution in [2.45, 2.75) is 12.2 Å². The maximum atomic E-state index is 12.9. The lowest BCUT2D eigenvalue weighted by molar-refractivity contribution is -0.0500. The number of benzene rings is 2. The number of halogens is 3. The molecule has 146 valence electrons. The first-order chi connectivity index (χ1) is 13.2. The number of hydrogen-bond donors (Lipinski definition) is 0. The molecule has 0 N–H and O–H groups in total. The van der Waals surface area contributed by atoms with Gasteiger partial charge >= 0.3 is 15.6 Å². The highest BCUT2D eigenvalue weighted by molar-refractivity contribution is 7.88. The van der Waals surface area contributed by atoms with Gasteiger partial charge in [0.2, 0.25) is 5.88 Å². The van der Waals surface area contributed by atoms with E-state index in [1.54, 1.807) is 53.1 Å². The molecule has 0 aliphatic carbocycles. The van der Waals surface area contributed by atoms with Crippen molar-refractivity contribution in [1.82, 2.24) is 9.55 Å². The minimum atomic E-state index is -5.89. The molecule has 0 saturated carbocycles. The normalized spacial score (nSPS) is 12.9. The van der Waals surface area contributed by atoms with Crippen molar-refractivity contribution >= 4 is 42.8 Å². The topological polar surface area (TPSA) is 70.4 Å². The fourth-order valence-corrected chi connectivity index (χ4v) is 3.63. The minimum Gasteiger partial charge on any atom is -0.364 e. The van der Waals surface area contributed by atoms with Crippen molar-refractivity contribution in [3.8, 4) is 5.88 Å². The highest BCUT2D eigenvalue weighted by Crippen LogP contribution is 2.40. The van der Waals surface area contributed by atoms with E-state index in [9.17, 15) is 21.6 Å². The molecule has 2 aromatic heterocycles. The average Bonchev–Trinajstić information content (AvgIpc) is 2.96. The van der Waals surface area contributed by atoms with Crippen LogP contribution in [0.1, 0.15) is 0 Å². The second-order valence-corrected chi connectivity index (χ2v) is 7.54. The molecule has 0 radical (unpaired) electrons. The molecule has 10 heteroatoms. The first-order valence-corrected chi connectivity index (χ1v) is 9.45. The standard InChI is InChI=1S/C18H13F3N2O4S/c1-26-10-23-14-9-5-3-7-12(14)15-16(23)11-6-2-4-8-13(11)22-17(15)27-28(24,25)18(19,20)21/h2-9H,10H2,1H3. The Bertz CT molecular complexity index is 1310. The van der Waals surface area contributed by atoms with E-state index in [0.29, 0.717) is 27.3 Å². The lowest BCUT2D eigenvalue weighted by atomic mass is 10.1. The van der Waals surface area contributed by atoms with Gasteiger partial charge in [0.1, 0.15) is 6.73 Å². The zero-order valence-electron chi connectivity index (χ0n) is 14.4. The molecule has 0 aliphatic rings. The number of methoxy groups -OCH3 is 1. The fraction of sp³-hybridized carbons (Fsp3) is 0.167. The van der Waals surface area contributed by atoms with E-state index in [4.69, 9.17) is 4.74 Å². The molecule has 6 nitrogen and oxygen atoms in total. The summed E-state index contributed by atoms with van der Waals surface area (Å²) in [7, 11) is -4.40. The predicted molar refractivity (Wildman–Crippen MR) is 97.4 cm³/mol. The third-order valence-electron chi connectivity index (χ3n) is 4.30. The van der Waals surface area contributed by atoms with E-state index in [0.717, 1.165) is 0 Å². The summed E-state index contributed by atoms with van der Waals surface area (Å²) in [4.78, 5) is 4.07. The number of para-hydroxylation sites is 2. The Balaban J connectivity index is 2.17. The van der Waals surface area contributed by atoms with Gasteiger partial charge in [0.15, 0.2) is 0 Å². The van der Waals surface area contributed by atoms with Crippen molar-refractivity contribution in [3.05, 3.63) is 48.5 Å². The molecule has 0 fully saturated rings. The molecule has 0 bridgehead atoms. The molecule has 2 heterocycles. The summed E-state index contributed by atoms with van der Waals surface area (Å²) in [5.74, 6) is -0.628. The van der Waals surface area contributed by atoms with Crippen LogP contribution in [0.3, 0.4) is 0 Å². The molecule has 0 amide bonds. The second kappa shape index (κ2) is 6.35. The van der Waals surface area contributed by atoms with Gasteiger partial charge in [-0.15, -0.1) is 0 Å². The first kappa shape index (κ1) is 18.5. The van der Waals surface area contributed by atoms with Crippen molar-refractivity contribution in [3.63, 3.8) is 0 Å². The monoisotopic (exact) mass is 410 g/mol. The zero-order chi connectivity index (χ0) is 20.1. The van der Waals surface area contributed by atoms with E-state index >= 15 is 0 Å². The Morgan fingerprint density at radius 2 is 1.68 bits per heavy atom. The van der Waals surface area contributed by atoms with Gasteiger partial charge in [0, 0.05) is 17.9 Å². The molecule has 0 spiro atoms. The largest absolute Gasteiger partial charge is 0.534 e. The minimum absolute atomic E-state index is 0.101. The Kier molecular flexibility index (Phi) is 4.20. The van der Waals surface area contributed by atoms with Crippen LogP contribution in [-0.2, 0) is 21.6 Å². The summed E-state index contributed by atoms with van der Waals surface area (Å²) >= 11 is 0. The summed E-state index contributed by atoms with van der Waals surface area (Å²) in [6.45, 7) is 0.101. The quantitative estimate of drug-likeness (QED) is 0.373. The van der Waals surface area contributed by atoms with Gasteiger partial charge in [0.05, 0.1) is 21.9 Å². The predicted octanol–water partition coefficient (Wildman–Crippen LogP) is 4.18. The molecule has 2 aromatic carbocycles. The molecule has 0 atom stereocenters. The SMILES string of the molecule is COCn1c2ccccc2c2c(OS(=O)(=O)C(F)(F)F)nc3ccccc3c21. The Hall–Kier alpha value is -2.85. The molecular weight excluding hydrogens is 397 g/mol. The van der Waals surface area contributed by atoms with Crippen molar-refractivity contribution in [2.24, 2.45) is 0 Å². The van der Waals surface area contributed by atoms with Gasteiger partial charge in [-0.3, -0.25) is 0 Å². The molecule has 4 rings (SSSR count). The van der Waals surface area contributed by atoms with Crippen LogP contribution in [0.5, 0.6) is 5.88 Å². The van der Waals surface area contributed by atoms with Gasteiger partial charge in [-0.25, -0.2) is 4.98 Å². The van der Waals surface area contributed by atoms with E-state index in [1.807, 2.05) is 0 Å². The maximum absolute atomic E-state index is 12.9. The molecule has 0 aliphatic heterocycles. The Morgan fingerprint density at radius 3 is 2.36 bits per heavy atom. The van der Waals surface area contributed by atoms with Crippen LogP contribution in [0.2, 0.25) is 0 Å². The highest BCUT2D eigenvalue weighted by atomic mass is 32.2. The lowest BCUT2D eigenvalue weighted by Crippen LogP contribution is -2.28. The van der Waals surface area contributed by atoms with Gasteiger partial charge < -0.3 is 13.5 Å². The van der Waals surface area contributed by atoms with E-state index in [-0.39, 0.29) is 12.1 Å². The van der Waals surface area contributed by atoms with Crippen LogP contribution in [0.25, 0.3) is 32.7 Å². The van der Waals surface area contributed by atoms with Crippen LogP contribution in [-0.4, -0.2) is 30.6 Å². The number of rotatable bonds is 4. The van der Waals surface area contributed by atoms with Crippen LogP contribution < -0.4 is 4.18 Å². The number of pyridine rings is 1. The smallest absolute Gasteiger partial charge is 0.364 e. The van der Waals surface area contributed by atoms with E-state index in [1.165, 1.54) is 7.11 Å². The molecule has 4 aromatic rings. The number of fused-ring (bicyclic) bond motifs is 5. The summed E-state index contributed by atoms with van der Waals surface area (Å²) in [5.41, 5.74) is -4.16. The number of aromatic nitrogens is 2. The summed E-state index contributed by atoms with van der Waals surface area (Å²) in [5, 5.41) is 1.29. The Labute approximate surface area is 157 Å². The van der Waals surface area contributed by atoms with E-state index < -0.39 is 21.5 Å². The highest BCUT2D eigenvalue weighted by Gasteiger charge is 2.49. The third kappa shape index (κ3) is 2.76. The number of ether oxygens (including phenoxy) is 1. The summed E-state index contributed by atoms with van der Waals surface area (Å²) in [6.07, 6.45) is 0. The molecular formula is C18H13F3N2O4S. The van der Waals surface area contributed by atoms with Crippen LogP contribution in [0.15, 0.2) is 48.5 Å². The molecule has 28 heavy (non-hydrogen) atoms. The van der Waals surface area contributed by atoms with Gasteiger partial charge in [-0.1, -0.05) is 36.4 Å².